The summed E-state index contributed by atoms with van der Waals surface area (Å²) >= 11 is 0. The molecule has 3 N–H and O–H groups in total. The number of methoxy groups -OCH3 is 1. The second kappa shape index (κ2) is 6.08. The molecule has 0 saturated carbocycles. The molecule has 8 nitrogen and oxygen atoms in total. The fourth-order valence-electron chi connectivity index (χ4n) is 2.03. The molecule has 1 aliphatic heterocycles. The number of hydrogen-bond donors (Lipinski definition) is 3. The minimum Gasteiger partial charge on any atom is -0.479 e. The van der Waals surface area contributed by atoms with Crippen LogP contribution in [-0.4, -0.2) is 65.4 Å². The first-order valence-corrected chi connectivity index (χ1v) is 6.25. The number of likely N-dealkylation sites (tertiary alicyclic amines) is 1. The van der Waals surface area contributed by atoms with Crippen molar-refractivity contribution in [1.82, 2.24) is 10.2 Å². The Balaban J connectivity index is 2.54. The number of esters is 1. The van der Waals surface area contributed by atoms with Crippen LogP contribution >= 0.6 is 0 Å². The maximum Gasteiger partial charge on any atom is 0.337 e. The van der Waals surface area contributed by atoms with Crippen LogP contribution in [0.4, 0.5) is 4.79 Å². The molecule has 0 aliphatic carbocycles. The van der Waals surface area contributed by atoms with E-state index in [1.165, 1.54) is 12.0 Å². The van der Waals surface area contributed by atoms with Crippen LogP contribution in [-0.2, 0) is 14.3 Å². The van der Waals surface area contributed by atoms with Gasteiger partial charge in [0.05, 0.1) is 19.6 Å². The van der Waals surface area contributed by atoms with Crippen molar-refractivity contribution >= 4 is 18.0 Å². The van der Waals surface area contributed by atoms with E-state index in [9.17, 15) is 19.5 Å². The molecule has 1 aliphatic rings. The molecule has 114 valence electrons. The molecule has 1 heterocycles. The molecular formula is C12H20N2O6. The van der Waals surface area contributed by atoms with Gasteiger partial charge < -0.3 is 25.2 Å². The molecule has 3 unspecified atom stereocenters. The minimum absolute atomic E-state index is 0.0341. The highest BCUT2D eigenvalue weighted by Gasteiger charge is 2.38. The van der Waals surface area contributed by atoms with Crippen LogP contribution in [0.2, 0.25) is 0 Å². The Morgan fingerprint density at radius 1 is 1.40 bits per heavy atom. The van der Waals surface area contributed by atoms with Gasteiger partial charge in [-0.25, -0.2) is 9.59 Å². The summed E-state index contributed by atoms with van der Waals surface area (Å²) in [5.74, 6) is -2.20. The van der Waals surface area contributed by atoms with E-state index >= 15 is 0 Å². The lowest BCUT2D eigenvalue weighted by Crippen LogP contribution is -2.49. The Labute approximate surface area is 116 Å². The zero-order valence-electron chi connectivity index (χ0n) is 11.8. The summed E-state index contributed by atoms with van der Waals surface area (Å²) in [6, 6.07) is -0.509. The zero-order chi connectivity index (χ0) is 15.5. The summed E-state index contributed by atoms with van der Waals surface area (Å²) in [7, 11) is 1.29. The second-order valence-electron chi connectivity index (χ2n) is 5.25. The molecular weight excluding hydrogens is 268 g/mol. The van der Waals surface area contributed by atoms with Crippen molar-refractivity contribution in [3.05, 3.63) is 0 Å². The van der Waals surface area contributed by atoms with Crippen molar-refractivity contribution < 1.29 is 29.3 Å². The van der Waals surface area contributed by atoms with Gasteiger partial charge in [0.1, 0.15) is 0 Å². The number of aliphatic carboxylic acids is 1. The molecule has 8 heteroatoms. The van der Waals surface area contributed by atoms with E-state index in [2.05, 4.69) is 10.1 Å². The third-order valence-corrected chi connectivity index (χ3v) is 3.45. The van der Waals surface area contributed by atoms with E-state index in [0.717, 1.165) is 6.92 Å². The predicted molar refractivity (Wildman–Crippen MR) is 67.9 cm³/mol. The molecule has 0 aromatic carbocycles. The molecule has 0 radical (unpaired) electrons. The van der Waals surface area contributed by atoms with Crippen LogP contribution in [0.25, 0.3) is 0 Å². The lowest BCUT2D eigenvalue weighted by molar-refractivity contribution is -0.155. The Morgan fingerprint density at radius 3 is 2.50 bits per heavy atom. The largest absolute Gasteiger partial charge is 0.479 e. The monoisotopic (exact) mass is 288 g/mol. The molecule has 3 atom stereocenters. The molecule has 20 heavy (non-hydrogen) atoms. The maximum absolute atomic E-state index is 11.9. The molecule has 2 amide bonds. The van der Waals surface area contributed by atoms with Crippen molar-refractivity contribution in [3.63, 3.8) is 0 Å². The van der Waals surface area contributed by atoms with Crippen LogP contribution in [0, 0.1) is 11.8 Å². The fraction of sp³-hybridized carbons (Fsp3) is 0.750. The number of aliphatic hydroxyl groups is 1. The average molecular weight is 288 g/mol. The van der Waals surface area contributed by atoms with Gasteiger partial charge >= 0.3 is 18.0 Å². The van der Waals surface area contributed by atoms with Crippen molar-refractivity contribution in [2.75, 3.05) is 26.7 Å². The standard InChI is InChI=1S/C12H20N2O6/c1-7-4-14(5-8(7)9(15)20-3)11(18)13-6-12(2,19)10(16)17/h7-8,19H,4-6H2,1-3H3,(H,13,18)(H,16,17). The van der Waals surface area contributed by atoms with E-state index in [4.69, 9.17) is 5.11 Å². The van der Waals surface area contributed by atoms with Crippen molar-refractivity contribution in [2.24, 2.45) is 11.8 Å². The summed E-state index contributed by atoms with van der Waals surface area (Å²) in [6.07, 6.45) is 0. The number of nitrogens with one attached hydrogen (secondary N) is 1. The number of ether oxygens (including phenoxy) is 1. The molecule has 1 saturated heterocycles. The first-order chi connectivity index (χ1) is 9.19. The summed E-state index contributed by atoms with van der Waals surface area (Å²) in [4.78, 5) is 35.5. The van der Waals surface area contributed by atoms with Crippen molar-refractivity contribution in [2.45, 2.75) is 19.4 Å². The van der Waals surface area contributed by atoms with Crippen LogP contribution in [0.3, 0.4) is 0 Å². The number of carboxylic acid groups (broad SMARTS) is 1. The van der Waals surface area contributed by atoms with Crippen LogP contribution in [0.5, 0.6) is 0 Å². The topological polar surface area (TPSA) is 116 Å². The minimum atomic E-state index is -2.03. The number of urea groups is 1. The number of carbonyl (C=O) groups excluding carboxylic acids is 2. The zero-order valence-corrected chi connectivity index (χ0v) is 11.8. The van der Waals surface area contributed by atoms with Gasteiger partial charge in [-0.3, -0.25) is 4.79 Å². The predicted octanol–water partition coefficient (Wildman–Crippen LogP) is -0.727. The maximum atomic E-state index is 11.9. The van der Waals surface area contributed by atoms with Gasteiger partial charge in [-0.1, -0.05) is 6.92 Å². The Bertz CT molecular complexity index is 409. The van der Waals surface area contributed by atoms with E-state index in [-0.39, 0.29) is 24.3 Å². The number of amides is 2. The lowest BCUT2D eigenvalue weighted by Gasteiger charge is -2.22. The van der Waals surface area contributed by atoms with Gasteiger partial charge in [0.25, 0.3) is 0 Å². The molecule has 0 aromatic rings. The summed E-state index contributed by atoms with van der Waals surface area (Å²) in [6.45, 7) is 3.12. The third kappa shape index (κ3) is 3.60. The Morgan fingerprint density at radius 2 is 2.00 bits per heavy atom. The highest BCUT2D eigenvalue weighted by atomic mass is 16.5. The summed E-state index contributed by atoms with van der Waals surface area (Å²) in [5, 5.41) is 20.6. The van der Waals surface area contributed by atoms with Crippen molar-refractivity contribution in [1.29, 1.82) is 0 Å². The molecule has 0 aromatic heterocycles. The van der Waals surface area contributed by atoms with Crippen LogP contribution in [0.1, 0.15) is 13.8 Å². The fourth-order valence-corrected chi connectivity index (χ4v) is 2.03. The molecule has 0 spiro atoms. The molecule has 0 bridgehead atoms. The van der Waals surface area contributed by atoms with Gasteiger partial charge in [-0.2, -0.15) is 0 Å². The normalized spacial score (nSPS) is 24.9. The number of nitrogens with zero attached hydrogens (tertiary/aromatic N) is 1. The van der Waals surface area contributed by atoms with E-state index in [1.807, 2.05) is 6.92 Å². The molecule has 1 fully saturated rings. The van der Waals surface area contributed by atoms with Gasteiger partial charge in [0.2, 0.25) is 0 Å². The van der Waals surface area contributed by atoms with Crippen molar-refractivity contribution in [3.8, 4) is 0 Å². The van der Waals surface area contributed by atoms with Gasteiger partial charge in [-0.15, -0.1) is 0 Å². The highest BCUT2D eigenvalue weighted by molar-refractivity contribution is 5.80. The molecule has 1 rings (SSSR count). The number of rotatable bonds is 4. The first-order valence-electron chi connectivity index (χ1n) is 6.25. The quantitative estimate of drug-likeness (QED) is 0.587. The number of hydrogen-bond acceptors (Lipinski definition) is 5. The van der Waals surface area contributed by atoms with E-state index in [0.29, 0.717) is 6.54 Å². The smallest absolute Gasteiger partial charge is 0.337 e. The number of carbonyl (C=O) groups is 3. The summed E-state index contributed by atoms with van der Waals surface area (Å²) in [5.41, 5.74) is -2.03. The van der Waals surface area contributed by atoms with Gasteiger partial charge in [-0.05, 0) is 12.8 Å². The highest BCUT2D eigenvalue weighted by Crippen LogP contribution is 2.24. The first kappa shape index (κ1) is 16.2. The lowest BCUT2D eigenvalue weighted by atomic mass is 9.99. The van der Waals surface area contributed by atoms with E-state index < -0.39 is 24.1 Å². The van der Waals surface area contributed by atoms with E-state index in [1.54, 1.807) is 0 Å². The Kier molecular flexibility index (Phi) is 4.93. The van der Waals surface area contributed by atoms with Crippen LogP contribution in [0.15, 0.2) is 0 Å². The van der Waals surface area contributed by atoms with Gasteiger partial charge in [0.15, 0.2) is 5.60 Å². The summed E-state index contributed by atoms with van der Waals surface area (Å²) < 4.78 is 4.66. The van der Waals surface area contributed by atoms with Gasteiger partial charge in [0, 0.05) is 13.1 Å². The second-order valence-corrected chi connectivity index (χ2v) is 5.25. The van der Waals surface area contributed by atoms with Crippen LogP contribution < -0.4 is 5.32 Å². The SMILES string of the molecule is COC(=O)C1CN(C(=O)NCC(C)(O)C(=O)O)CC1C. The number of carboxylic acids is 1. The third-order valence-electron chi connectivity index (χ3n) is 3.45. The Hall–Kier alpha value is -1.83. The average Bonchev–Trinajstić information content (AvgIpc) is 2.77.